The Morgan fingerprint density at radius 3 is 2.60 bits per heavy atom. The summed E-state index contributed by atoms with van der Waals surface area (Å²) in [6, 6.07) is 2.35. The molecule has 0 fully saturated rings. The van der Waals surface area contributed by atoms with E-state index in [9.17, 15) is 13.6 Å². The SMILES string of the molecule is CSc1cc(F)c(C(C)CC=O)cc1F. The number of aldehydes is 1. The Balaban J connectivity index is 3.09. The summed E-state index contributed by atoms with van der Waals surface area (Å²) in [5.74, 6) is -1.17. The smallest absolute Gasteiger partial charge is 0.137 e. The summed E-state index contributed by atoms with van der Waals surface area (Å²) in [5.41, 5.74) is 0.261. The minimum absolute atomic E-state index is 0.203. The zero-order chi connectivity index (χ0) is 11.4. The van der Waals surface area contributed by atoms with Crippen molar-refractivity contribution in [3.05, 3.63) is 29.3 Å². The number of halogens is 2. The third-order valence-electron chi connectivity index (χ3n) is 2.25. The van der Waals surface area contributed by atoms with Crippen molar-refractivity contribution in [2.24, 2.45) is 0 Å². The highest BCUT2D eigenvalue weighted by Gasteiger charge is 2.14. The normalized spacial score (nSPS) is 12.5. The number of hydrogen-bond acceptors (Lipinski definition) is 2. The summed E-state index contributed by atoms with van der Waals surface area (Å²) in [6.45, 7) is 1.70. The summed E-state index contributed by atoms with van der Waals surface area (Å²) in [6.07, 6.45) is 2.60. The van der Waals surface area contributed by atoms with Crippen LogP contribution < -0.4 is 0 Å². The van der Waals surface area contributed by atoms with E-state index in [1.54, 1.807) is 13.2 Å². The highest BCUT2D eigenvalue weighted by molar-refractivity contribution is 7.98. The molecule has 4 heteroatoms. The van der Waals surface area contributed by atoms with Crippen molar-refractivity contribution in [2.75, 3.05) is 6.26 Å². The highest BCUT2D eigenvalue weighted by Crippen LogP contribution is 2.27. The molecule has 0 saturated heterocycles. The Morgan fingerprint density at radius 2 is 2.07 bits per heavy atom. The first-order valence-electron chi connectivity index (χ1n) is 4.56. The number of carbonyl (C=O) groups is 1. The number of thioether (sulfide) groups is 1. The quantitative estimate of drug-likeness (QED) is 0.582. The number of rotatable bonds is 4. The van der Waals surface area contributed by atoms with Crippen molar-refractivity contribution in [1.29, 1.82) is 0 Å². The molecule has 15 heavy (non-hydrogen) atoms. The predicted octanol–water partition coefficient (Wildman–Crippen LogP) is 3.38. The number of benzene rings is 1. The summed E-state index contributed by atoms with van der Waals surface area (Å²) in [5, 5.41) is 0. The van der Waals surface area contributed by atoms with E-state index in [2.05, 4.69) is 0 Å². The number of hydrogen-bond donors (Lipinski definition) is 0. The van der Waals surface area contributed by atoms with Gasteiger partial charge in [-0.2, -0.15) is 0 Å². The van der Waals surface area contributed by atoms with E-state index >= 15 is 0 Å². The van der Waals surface area contributed by atoms with Crippen LogP contribution in [0, 0.1) is 11.6 Å². The summed E-state index contributed by atoms with van der Waals surface area (Å²) in [7, 11) is 0. The molecule has 1 nitrogen and oxygen atoms in total. The monoisotopic (exact) mass is 230 g/mol. The van der Waals surface area contributed by atoms with Crippen molar-refractivity contribution in [3.8, 4) is 0 Å². The van der Waals surface area contributed by atoms with E-state index in [1.165, 1.54) is 12.1 Å². The fourth-order valence-electron chi connectivity index (χ4n) is 1.35. The van der Waals surface area contributed by atoms with Gasteiger partial charge in [-0.15, -0.1) is 11.8 Å². The zero-order valence-electron chi connectivity index (χ0n) is 8.59. The lowest BCUT2D eigenvalue weighted by molar-refractivity contribution is -0.108. The zero-order valence-corrected chi connectivity index (χ0v) is 9.41. The highest BCUT2D eigenvalue weighted by atomic mass is 32.2. The molecule has 1 rings (SSSR count). The lowest BCUT2D eigenvalue weighted by atomic mass is 9.98. The molecule has 1 atom stereocenters. The van der Waals surface area contributed by atoms with Gasteiger partial charge >= 0.3 is 0 Å². The Bertz CT molecular complexity index is 366. The van der Waals surface area contributed by atoms with Gasteiger partial charge < -0.3 is 4.79 Å². The van der Waals surface area contributed by atoms with Gasteiger partial charge in [-0.05, 0) is 29.9 Å². The predicted molar refractivity (Wildman–Crippen MR) is 57.2 cm³/mol. The van der Waals surface area contributed by atoms with Gasteiger partial charge in [0.25, 0.3) is 0 Å². The van der Waals surface area contributed by atoms with Crippen LogP contribution in [-0.2, 0) is 4.79 Å². The summed E-state index contributed by atoms with van der Waals surface area (Å²) in [4.78, 5) is 10.6. The van der Waals surface area contributed by atoms with Gasteiger partial charge in [-0.3, -0.25) is 0 Å². The molecule has 0 radical (unpaired) electrons. The van der Waals surface area contributed by atoms with E-state index in [0.717, 1.165) is 11.8 Å². The topological polar surface area (TPSA) is 17.1 Å². The van der Waals surface area contributed by atoms with Gasteiger partial charge in [0.15, 0.2) is 0 Å². The first-order chi connectivity index (χ1) is 7.10. The van der Waals surface area contributed by atoms with Gasteiger partial charge in [-0.25, -0.2) is 8.78 Å². The Kier molecular flexibility index (Phi) is 4.27. The first-order valence-corrected chi connectivity index (χ1v) is 5.79. The van der Waals surface area contributed by atoms with E-state index in [4.69, 9.17) is 0 Å². The molecule has 82 valence electrons. The molecule has 0 heterocycles. The minimum Gasteiger partial charge on any atom is -0.303 e. The lowest BCUT2D eigenvalue weighted by Gasteiger charge is -2.11. The minimum atomic E-state index is -0.449. The first kappa shape index (κ1) is 12.2. The fraction of sp³-hybridized carbons (Fsp3) is 0.364. The van der Waals surface area contributed by atoms with Crippen molar-refractivity contribution in [3.63, 3.8) is 0 Å². The third kappa shape index (κ3) is 2.78. The maximum absolute atomic E-state index is 13.5. The summed E-state index contributed by atoms with van der Waals surface area (Å²) < 4.78 is 26.9. The average molecular weight is 230 g/mol. The molecule has 0 saturated carbocycles. The van der Waals surface area contributed by atoms with Crippen molar-refractivity contribution in [1.82, 2.24) is 0 Å². The van der Waals surface area contributed by atoms with Crippen molar-refractivity contribution >= 4 is 18.0 Å². The molecule has 0 amide bonds. The van der Waals surface area contributed by atoms with Crippen LogP contribution in [0.15, 0.2) is 17.0 Å². The molecular weight excluding hydrogens is 218 g/mol. The lowest BCUT2D eigenvalue weighted by Crippen LogP contribution is -2.00. The van der Waals surface area contributed by atoms with Crippen LogP contribution >= 0.6 is 11.8 Å². The molecular formula is C11H12F2OS. The van der Waals surface area contributed by atoms with Crippen molar-refractivity contribution in [2.45, 2.75) is 24.2 Å². The molecule has 0 bridgehead atoms. The van der Waals surface area contributed by atoms with Crippen LogP contribution in [0.4, 0.5) is 8.78 Å². The van der Waals surface area contributed by atoms with Crippen LogP contribution in [0.2, 0.25) is 0 Å². The standard InChI is InChI=1S/C11H12F2OS/c1-7(3-4-14)8-5-10(13)11(15-2)6-9(8)12/h4-7H,3H2,1-2H3. The maximum Gasteiger partial charge on any atom is 0.137 e. The second kappa shape index (κ2) is 5.26. The van der Waals surface area contributed by atoms with Gasteiger partial charge in [0.2, 0.25) is 0 Å². The second-order valence-corrected chi connectivity index (χ2v) is 4.16. The molecule has 0 aliphatic rings. The largest absolute Gasteiger partial charge is 0.303 e. The maximum atomic E-state index is 13.5. The Hall–Kier alpha value is -0.900. The van der Waals surface area contributed by atoms with Crippen LogP contribution in [0.3, 0.4) is 0 Å². The Labute approximate surface area is 91.9 Å². The molecule has 0 aromatic heterocycles. The van der Waals surface area contributed by atoms with Crippen molar-refractivity contribution < 1.29 is 13.6 Å². The van der Waals surface area contributed by atoms with Gasteiger partial charge in [0.05, 0.1) is 0 Å². The van der Waals surface area contributed by atoms with Gasteiger partial charge in [0, 0.05) is 11.3 Å². The second-order valence-electron chi connectivity index (χ2n) is 3.31. The fourth-order valence-corrected chi connectivity index (χ4v) is 1.82. The molecule has 1 aromatic rings. The average Bonchev–Trinajstić information content (AvgIpc) is 2.21. The van der Waals surface area contributed by atoms with E-state index in [0.29, 0.717) is 6.29 Å². The molecule has 0 N–H and O–H groups in total. The molecule has 0 aliphatic carbocycles. The van der Waals surface area contributed by atoms with Crippen LogP contribution in [0.1, 0.15) is 24.8 Å². The number of carbonyl (C=O) groups excluding carboxylic acids is 1. The molecule has 0 aliphatic heterocycles. The van der Waals surface area contributed by atoms with E-state index < -0.39 is 11.6 Å². The van der Waals surface area contributed by atoms with E-state index in [-0.39, 0.29) is 22.8 Å². The van der Waals surface area contributed by atoms with Crippen LogP contribution in [0.5, 0.6) is 0 Å². The molecule has 0 spiro atoms. The van der Waals surface area contributed by atoms with Gasteiger partial charge in [-0.1, -0.05) is 6.92 Å². The molecule has 1 aromatic carbocycles. The van der Waals surface area contributed by atoms with Gasteiger partial charge in [0.1, 0.15) is 17.9 Å². The third-order valence-corrected chi connectivity index (χ3v) is 3.00. The Morgan fingerprint density at radius 1 is 1.40 bits per heavy atom. The van der Waals surface area contributed by atoms with E-state index in [1.807, 2.05) is 0 Å². The van der Waals surface area contributed by atoms with Crippen LogP contribution in [0.25, 0.3) is 0 Å². The van der Waals surface area contributed by atoms with Crippen LogP contribution in [-0.4, -0.2) is 12.5 Å². The molecule has 1 unspecified atom stereocenters. The summed E-state index contributed by atoms with van der Waals surface area (Å²) >= 11 is 1.16.